The number of esters is 2. The van der Waals surface area contributed by atoms with Crippen LogP contribution in [0, 0.1) is 0 Å². The molecule has 0 fully saturated rings. The maximum Gasteiger partial charge on any atom is 0.337 e. The van der Waals surface area contributed by atoms with Crippen molar-refractivity contribution in [3.63, 3.8) is 0 Å². The number of hydrogen-bond acceptors (Lipinski definition) is 6. The summed E-state index contributed by atoms with van der Waals surface area (Å²) < 4.78 is 10.4. The first kappa shape index (κ1) is 14.0. The van der Waals surface area contributed by atoms with Gasteiger partial charge in [0.15, 0.2) is 0 Å². The molecule has 3 atom stereocenters. The standard InChI is InChI=1S/C15H16O6/c1-7-2-9-4-8(14(18)20-9)5-11(17)13-10(6-16)15(19)21-12(13)3-7/h3-4,9,11-12,16-17H,2,5-6H2,1H3. The maximum absolute atomic E-state index is 11.8. The quantitative estimate of drug-likeness (QED) is 0.528. The zero-order chi connectivity index (χ0) is 15.1. The Labute approximate surface area is 121 Å². The van der Waals surface area contributed by atoms with Gasteiger partial charge in [0.1, 0.15) is 12.2 Å². The smallest absolute Gasteiger partial charge is 0.337 e. The molecule has 3 rings (SSSR count). The summed E-state index contributed by atoms with van der Waals surface area (Å²) in [6.07, 6.45) is 1.90. The molecule has 6 nitrogen and oxygen atoms in total. The zero-order valence-corrected chi connectivity index (χ0v) is 11.5. The van der Waals surface area contributed by atoms with Gasteiger partial charge in [-0.1, -0.05) is 5.57 Å². The lowest BCUT2D eigenvalue weighted by atomic mass is 9.91. The summed E-state index contributed by atoms with van der Waals surface area (Å²) in [4.78, 5) is 23.5. The van der Waals surface area contributed by atoms with Crippen LogP contribution >= 0.6 is 0 Å². The minimum absolute atomic E-state index is 0.0498. The molecular weight excluding hydrogens is 276 g/mol. The summed E-state index contributed by atoms with van der Waals surface area (Å²) in [5.41, 5.74) is 1.68. The summed E-state index contributed by atoms with van der Waals surface area (Å²) in [5, 5.41) is 19.7. The molecule has 0 aromatic heterocycles. The Morgan fingerprint density at radius 1 is 1.19 bits per heavy atom. The van der Waals surface area contributed by atoms with Gasteiger partial charge in [-0.25, -0.2) is 9.59 Å². The molecule has 3 aliphatic rings. The summed E-state index contributed by atoms with van der Waals surface area (Å²) in [7, 11) is 0. The third kappa shape index (κ3) is 2.41. The highest BCUT2D eigenvalue weighted by Gasteiger charge is 2.39. The van der Waals surface area contributed by atoms with Gasteiger partial charge in [-0.05, 0) is 19.1 Å². The van der Waals surface area contributed by atoms with Crippen molar-refractivity contribution < 1.29 is 29.3 Å². The van der Waals surface area contributed by atoms with Gasteiger partial charge < -0.3 is 19.7 Å². The number of carbonyl (C=O) groups is 2. The molecule has 21 heavy (non-hydrogen) atoms. The van der Waals surface area contributed by atoms with E-state index in [1.54, 1.807) is 12.2 Å². The Morgan fingerprint density at radius 2 is 1.95 bits per heavy atom. The summed E-state index contributed by atoms with van der Waals surface area (Å²) in [6, 6.07) is 0. The zero-order valence-electron chi connectivity index (χ0n) is 11.5. The van der Waals surface area contributed by atoms with Gasteiger partial charge in [0, 0.05) is 24.0 Å². The molecule has 0 spiro atoms. The summed E-state index contributed by atoms with van der Waals surface area (Å²) in [6.45, 7) is 1.34. The molecule has 2 bridgehead atoms. The molecule has 1 aliphatic carbocycles. The van der Waals surface area contributed by atoms with Crippen LogP contribution in [0.2, 0.25) is 0 Å². The monoisotopic (exact) mass is 292 g/mol. The number of ether oxygens (including phenoxy) is 2. The SMILES string of the molecule is CC1=CC2OC(=O)C(CO)=C2C(O)CC2=CC(C1)OC2=O. The van der Waals surface area contributed by atoms with Crippen LogP contribution < -0.4 is 0 Å². The summed E-state index contributed by atoms with van der Waals surface area (Å²) >= 11 is 0. The molecule has 112 valence electrons. The Kier molecular flexibility index (Phi) is 3.43. The van der Waals surface area contributed by atoms with Crippen LogP contribution in [0.25, 0.3) is 0 Å². The molecule has 0 aromatic rings. The second-order valence-electron chi connectivity index (χ2n) is 5.49. The van der Waals surface area contributed by atoms with Gasteiger partial charge >= 0.3 is 11.9 Å². The first-order valence-corrected chi connectivity index (χ1v) is 6.81. The van der Waals surface area contributed by atoms with Crippen molar-refractivity contribution >= 4 is 11.9 Å². The normalized spacial score (nSPS) is 32.2. The minimum atomic E-state index is -1.07. The highest BCUT2D eigenvalue weighted by Crippen LogP contribution is 2.33. The van der Waals surface area contributed by atoms with Gasteiger partial charge in [0.2, 0.25) is 0 Å². The van der Waals surface area contributed by atoms with E-state index in [-0.39, 0.29) is 18.1 Å². The van der Waals surface area contributed by atoms with E-state index in [0.717, 1.165) is 5.57 Å². The number of hydrogen-bond donors (Lipinski definition) is 2. The molecule has 0 saturated heterocycles. The first-order valence-electron chi connectivity index (χ1n) is 6.81. The van der Waals surface area contributed by atoms with E-state index in [4.69, 9.17) is 9.47 Å². The molecule has 0 saturated carbocycles. The number of carbonyl (C=O) groups excluding carboxylic acids is 2. The predicted octanol–water partition coefficient (Wildman–Crippen LogP) is 0.154. The Balaban J connectivity index is 2.04. The van der Waals surface area contributed by atoms with E-state index in [1.165, 1.54) is 0 Å². The first-order chi connectivity index (χ1) is 9.99. The van der Waals surface area contributed by atoms with Crippen LogP contribution in [-0.4, -0.2) is 47.1 Å². The second kappa shape index (κ2) is 5.13. The van der Waals surface area contributed by atoms with E-state index >= 15 is 0 Å². The van der Waals surface area contributed by atoms with Gasteiger partial charge in [0.25, 0.3) is 0 Å². The van der Waals surface area contributed by atoms with Crippen molar-refractivity contribution in [3.05, 3.63) is 34.4 Å². The van der Waals surface area contributed by atoms with Crippen LogP contribution in [-0.2, 0) is 19.1 Å². The molecule has 3 unspecified atom stereocenters. The topological polar surface area (TPSA) is 93.1 Å². The van der Waals surface area contributed by atoms with Gasteiger partial charge in [-0.3, -0.25) is 0 Å². The van der Waals surface area contributed by atoms with E-state index in [0.29, 0.717) is 17.6 Å². The third-order valence-corrected chi connectivity index (χ3v) is 3.93. The van der Waals surface area contributed by atoms with Crippen molar-refractivity contribution in [1.29, 1.82) is 0 Å². The molecule has 2 aliphatic heterocycles. The number of aliphatic hydroxyl groups is 2. The fraction of sp³-hybridized carbons (Fsp3) is 0.467. The van der Waals surface area contributed by atoms with E-state index in [1.807, 2.05) is 6.92 Å². The number of aliphatic hydroxyl groups excluding tert-OH is 2. The molecule has 0 aromatic carbocycles. The van der Waals surface area contributed by atoms with Crippen LogP contribution in [0.15, 0.2) is 34.4 Å². The van der Waals surface area contributed by atoms with Crippen molar-refractivity contribution in [2.45, 2.75) is 38.1 Å². The Morgan fingerprint density at radius 3 is 2.67 bits per heavy atom. The average Bonchev–Trinajstić information content (AvgIpc) is 2.89. The van der Waals surface area contributed by atoms with Gasteiger partial charge in [-0.15, -0.1) is 0 Å². The van der Waals surface area contributed by atoms with E-state index in [2.05, 4.69) is 0 Å². The fourth-order valence-corrected chi connectivity index (χ4v) is 2.96. The largest absolute Gasteiger partial charge is 0.454 e. The second-order valence-corrected chi connectivity index (χ2v) is 5.49. The lowest BCUT2D eigenvalue weighted by molar-refractivity contribution is -0.140. The van der Waals surface area contributed by atoms with Crippen LogP contribution in [0.4, 0.5) is 0 Å². The maximum atomic E-state index is 11.8. The van der Waals surface area contributed by atoms with E-state index < -0.39 is 30.8 Å². The molecular formula is C15H16O6. The van der Waals surface area contributed by atoms with Gasteiger partial charge in [-0.2, -0.15) is 0 Å². The van der Waals surface area contributed by atoms with Crippen LogP contribution in [0.5, 0.6) is 0 Å². The third-order valence-electron chi connectivity index (χ3n) is 3.93. The van der Waals surface area contributed by atoms with Crippen LogP contribution in [0.3, 0.4) is 0 Å². The van der Waals surface area contributed by atoms with Crippen molar-refractivity contribution in [1.82, 2.24) is 0 Å². The van der Waals surface area contributed by atoms with Gasteiger partial charge in [0.05, 0.1) is 18.3 Å². The minimum Gasteiger partial charge on any atom is -0.454 e. The lowest BCUT2D eigenvalue weighted by Crippen LogP contribution is -2.22. The highest BCUT2D eigenvalue weighted by molar-refractivity contribution is 5.94. The predicted molar refractivity (Wildman–Crippen MR) is 71.0 cm³/mol. The molecule has 2 N–H and O–H groups in total. The van der Waals surface area contributed by atoms with Crippen molar-refractivity contribution in [2.24, 2.45) is 0 Å². The Bertz CT molecular complexity index is 597. The summed E-state index contributed by atoms with van der Waals surface area (Å²) in [5.74, 6) is -1.07. The van der Waals surface area contributed by atoms with Crippen molar-refractivity contribution in [3.8, 4) is 0 Å². The number of fused-ring (bicyclic) bond motifs is 2. The van der Waals surface area contributed by atoms with Crippen molar-refractivity contribution in [2.75, 3.05) is 6.61 Å². The number of rotatable bonds is 1. The molecule has 6 heteroatoms. The highest BCUT2D eigenvalue weighted by atomic mass is 16.6. The molecule has 0 radical (unpaired) electrons. The van der Waals surface area contributed by atoms with Crippen LogP contribution in [0.1, 0.15) is 19.8 Å². The molecule has 2 heterocycles. The molecule has 0 amide bonds. The Hall–Kier alpha value is -1.92. The fourth-order valence-electron chi connectivity index (χ4n) is 2.96. The van der Waals surface area contributed by atoms with E-state index in [9.17, 15) is 19.8 Å². The lowest BCUT2D eigenvalue weighted by Gasteiger charge is -2.18. The average molecular weight is 292 g/mol.